The van der Waals surface area contributed by atoms with E-state index in [9.17, 15) is 0 Å². The number of hydrogen-bond donors (Lipinski definition) is 2. The number of nitrogen functional groups attached to an aromatic ring is 1. The molecule has 0 aliphatic heterocycles. The molecule has 1 unspecified atom stereocenters. The zero-order chi connectivity index (χ0) is 11.5. The predicted octanol–water partition coefficient (Wildman–Crippen LogP) is 2.33. The monoisotopic (exact) mass is 234 g/mol. The van der Waals surface area contributed by atoms with Crippen molar-refractivity contribution in [3.8, 4) is 0 Å². The summed E-state index contributed by atoms with van der Waals surface area (Å²) in [7, 11) is 0. The Hall–Kier alpha value is -1.62. The van der Waals surface area contributed by atoms with E-state index < -0.39 is 0 Å². The lowest BCUT2D eigenvalue weighted by Crippen LogP contribution is -2.11. The molecule has 0 aliphatic carbocycles. The lowest BCUT2D eigenvalue weighted by atomic mass is 10.1. The molecule has 1 aromatic heterocycles. The average molecular weight is 234 g/mol. The summed E-state index contributed by atoms with van der Waals surface area (Å²) >= 11 is 5.13. The largest absolute Gasteiger partial charge is 0.368 e. The van der Waals surface area contributed by atoms with Gasteiger partial charge in [-0.05, 0) is 31.1 Å². The van der Waals surface area contributed by atoms with E-state index >= 15 is 0 Å². The summed E-state index contributed by atoms with van der Waals surface area (Å²) < 4.78 is 2.41. The van der Waals surface area contributed by atoms with Crippen LogP contribution in [0.1, 0.15) is 18.5 Å². The molecular weight excluding hydrogens is 220 g/mol. The highest BCUT2D eigenvalue weighted by Crippen LogP contribution is 2.16. The van der Waals surface area contributed by atoms with Gasteiger partial charge in [-0.15, -0.1) is 5.10 Å². The summed E-state index contributed by atoms with van der Waals surface area (Å²) in [5, 5.41) is 6.60. The van der Waals surface area contributed by atoms with E-state index in [1.165, 1.54) is 5.56 Å². The fourth-order valence-corrected chi connectivity index (χ4v) is 2.11. The van der Waals surface area contributed by atoms with Gasteiger partial charge in [0.1, 0.15) is 0 Å². The molecule has 0 amide bonds. The molecule has 0 saturated carbocycles. The first-order valence-corrected chi connectivity index (χ1v) is 5.55. The number of nitrogens with zero attached hydrogens (tertiary/aromatic N) is 2. The second-order valence-electron chi connectivity index (χ2n) is 3.80. The first-order valence-electron chi connectivity index (χ1n) is 5.15. The Balaban J connectivity index is 2.21. The third-order valence-electron chi connectivity index (χ3n) is 2.55. The van der Waals surface area contributed by atoms with E-state index in [4.69, 9.17) is 18.0 Å². The Morgan fingerprint density at radius 1 is 1.44 bits per heavy atom. The standard InChI is InChI=1S/C11H14N4S/c1-8(7-9-5-3-2-4-6-9)15-10(12)13-14-11(15)16/h2-6,8H,7H2,1H3,(H2,12,13)(H,14,16). The number of anilines is 1. The Labute approximate surface area is 99.1 Å². The van der Waals surface area contributed by atoms with Crippen LogP contribution in [0.2, 0.25) is 0 Å². The molecule has 1 atom stereocenters. The number of hydrogen-bond acceptors (Lipinski definition) is 3. The van der Waals surface area contributed by atoms with Crippen molar-refractivity contribution in [1.29, 1.82) is 0 Å². The van der Waals surface area contributed by atoms with Gasteiger partial charge in [0.05, 0.1) is 0 Å². The lowest BCUT2D eigenvalue weighted by molar-refractivity contribution is 0.544. The van der Waals surface area contributed by atoms with E-state index in [2.05, 4.69) is 29.3 Å². The summed E-state index contributed by atoms with van der Waals surface area (Å²) in [6.45, 7) is 2.08. The lowest BCUT2D eigenvalue weighted by Gasteiger charge is -2.13. The normalized spacial score (nSPS) is 12.6. The Morgan fingerprint density at radius 2 is 2.12 bits per heavy atom. The molecule has 1 heterocycles. The average Bonchev–Trinajstić information content (AvgIpc) is 2.60. The summed E-state index contributed by atoms with van der Waals surface area (Å²) in [5.41, 5.74) is 7.01. The number of nitrogens with one attached hydrogen (secondary N) is 1. The summed E-state index contributed by atoms with van der Waals surface area (Å²) in [4.78, 5) is 0. The van der Waals surface area contributed by atoms with Gasteiger partial charge in [0.15, 0.2) is 4.77 Å². The van der Waals surface area contributed by atoms with Crippen LogP contribution in [0.3, 0.4) is 0 Å². The fourth-order valence-electron chi connectivity index (χ4n) is 1.79. The topological polar surface area (TPSA) is 59.6 Å². The van der Waals surface area contributed by atoms with Gasteiger partial charge in [0.2, 0.25) is 5.95 Å². The van der Waals surface area contributed by atoms with Crippen molar-refractivity contribution in [3.05, 3.63) is 40.7 Å². The molecule has 0 spiro atoms. The molecule has 1 aromatic carbocycles. The van der Waals surface area contributed by atoms with Gasteiger partial charge in [-0.25, -0.2) is 5.10 Å². The molecule has 0 aliphatic rings. The molecule has 0 radical (unpaired) electrons. The second kappa shape index (κ2) is 4.49. The Bertz CT molecular complexity index is 514. The van der Waals surface area contributed by atoms with E-state index in [1.807, 2.05) is 22.8 Å². The molecule has 5 heteroatoms. The highest BCUT2D eigenvalue weighted by Gasteiger charge is 2.10. The van der Waals surface area contributed by atoms with E-state index in [1.54, 1.807) is 0 Å². The predicted molar refractivity (Wildman–Crippen MR) is 66.7 cm³/mol. The van der Waals surface area contributed by atoms with Crippen molar-refractivity contribution in [3.63, 3.8) is 0 Å². The van der Waals surface area contributed by atoms with Crippen molar-refractivity contribution >= 4 is 18.2 Å². The fraction of sp³-hybridized carbons (Fsp3) is 0.273. The molecule has 4 nitrogen and oxygen atoms in total. The highest BCUT2D eigenvalue weighted by molar-refractivity contribution is 7.71. The van der Waals surface area contributed by atoms with E-state index in [-0.39, 0.29) is 6.04 Å². The molecule has 0 fully saturated rings. The number of rotatable bonds is 3. The van der Waals surface area contributed by atoms with Crippen LogP contribution in [-0.4, -0.2) is 14.8 Å². The van der Waals surface area contributed by atoms with Crippen molar-refractivity contribution in [1.82, 2.24) is 14.8 Å². The first-order chi connectivity index (χ1) is 7.68. The van der Waals surface area contributed by atoms with Gasteiger partial charge in [-0.2, -0.15) is 0 Å². The van der Waals surface area contributed by atoms with Crippen molar-refractivity contribution in [2.24, 2.45) is 0 Å². The van der Waals surface area contributed by atoms with Gasteiger partial charge in [-0.3, -0.25) is 4.57 Å². The van der Waals surface area contributed by atoms with E-state index in [0.29, 0.717) is 10.7 Å². The smallest absolute Gasteiger partial charge is 0.220 e. The van der Waals surface area contributed by atoms with Gasteiger partial charge in [-0.1, -0.05) is 30.3 Å². The van der Waals surface area contributed by atoms with Crippen LogP contribution in [0.4, 0.5) is 5.95 Å². The van der Waals surface area contributed by atoms with Crippen LogP contribution in [0.25, 0.3) is 0 Å². The maximum Gasteiger partial charge on any atom is 0.220 e. The van der Waals surface area contributed by atoms with Crippen molar-refractivity contribution in [2.45, 2.75) is 19.4 Å². The van der Waals surface area contributed by atoms with Crippen LogP contribution < -0.4 is 5.73 Å². The zero-order valence-corrected chi connectivity index (χ0v) is 9.87. The maximum absolute atomic E-state index is 5.75. The number of benzene rings is 1. The third kappa shape index (κ3) is 2.14. The zero-order valence-electron chi connectivity index (χ0n) is 9.05. The Morgan fingerprint density at radius 3 is 2.69 bits per heavy atom. The van der Waals surface area contributed by atoms with Crippen LogP contribution in [0, 0.1) is 4.77 Å². The molecule has 2 rings (SSSR count). The van der Waals surface area contributed by atoms with Crippen LogP contribution in [0.15, 0.2) is 30.3 Å². The highest BCUT2D eigenvalue weighted by atomic mass is 32.1. The van der Waals surface area contributed by atoms with Crippen molar-refractivity contribution in [2.75, 3.05) is 5.73 Å². The minimum Gasteiger partial charge on any atom is -0.368 e. The number of H-pyrrole nitrogens is 1. The molecule has 2 aromatic rings. The van der Waals surface area contributed by atoms with Crippen LogP contribution in [-0.2, 0) is 6.42 Å². The summed E-state index contributed by atoms with van der Waals surface area (Å²) in [5.74, 6) is 0.438. The number of aromatic amines is 1. The van der Waals surface area contributed by atoms with Crippen LogP contribution in [0.5, 0.6) is 0 Å². The molecule has 3 N–H and O–H groups in total. The van der Waals surface area contributed by atoms with Gasteiger partial charge >= 0.3 is 0 Å². The van der Waals surface area contributed by atoms with Gasteiger partial charge in [0, 0.05) is 6.04 Å². The second-order valence-corrected chi connectivity index (χ2v) is 4.18. The number of aromatic nitrogens is 3. The first kappa shape index (κ1) is 10.9. The minimum atomic E-state index is 0.202. The molecular formula is C11H14N4S. The van der Waals surface area contributed by atoms with Gasteiger partial charge < -0.3 is 5.73 Å². The number of nitrogens with two attached hydrogens (primary N) is 1. The van der Waals surface area contributed by atoms with Gasteiger partial charge in [0.25, 0.3) is 0 Å². The summed E-state index contributed by atoms with van der Waals surface area (Å²) in [6.07, 6.45) is 0.888. The van der Waals surface area contributed by atoms with Crippen molar-refractivity contribution < 1.29 is 0 Å². The Kier molecular flexibility index (Phi) is 3.05. The third-order valence-corrected chi connectivity index (χ3v) is 2.83. The maximum atomic E-state index is 5.75. The molecule has 84 valence electrons. The minimum absolute atomic E-state index is 0.202. The molecule has 0 bridgehead atoms. The van der Waals surface area contributed by atoms with E-state index in [0.717, 1.165) is 6.42 Å². The quantitative estimate of drug-likeness (QED) is 0.801. The van der Waals surface area contributed by atoms with Crippen LogP contribution >= 0.6 is 12.2 Å². The molecule has 0 saturated heterocycles. The SMILES string of the molecule is CC(Cc1ccccc1)n1c(N)n[nH]c1=S. The summed E-state index contributed by atoms with van der Waals surface area (Å²) in [6, 6.07) is 10.5. The molecule has 16 heavy (non-hydrogen) atoms.